The van der Waals surface area contributed by atoms with Gasteiger partial charge in [-0.05, 0) is 55.3 Å². The summed E-state index contributed by atoms with van der Waals surface area (Å²) >= 11 is 0. The monoisotopic (exact) mass is 337 g/mol. The summed E-state index contributed by atoms with van der Waals surface area (Å²) in [5.41, 5.74) is -0.258. The average Bonchev–Trinajstić information content (AvgIpc) is 3.09. The zero-order chi connectivity index (χ0) is 17.9. The lowest BCUT2D eigenvalue weighted by Gasteiger charge is -2.23. The zero-order valence-electron chi connectivity index (χ0n) is 14.8. The highest BCUT2D eigenvalue weighted by Crippen LogP contribution is 2.22. The molecule has 0 bridgehead atoms. The molecule has 0 aliphatic carbocycles. The van der Waals surface area contributed by atoms with Gasteiger partial charge < -0.3 is 14.5 Å². The summed E-state index contributed by atoms with van der Waals surface area (Å²) < 4.78 is 11.4. The first-order valence-corrected chi connectivity index (χ1v) is 8.50. The van der Waals surface area contributed by atoms with Crippen molar-refractivity contribution >= 4 is 16.7 Å². The normalized spacial score (nSPS) is 11.5. The number of rotatable bonds is 6. The molecule has 4 heteroatoms. The molecule has 0 saturated heterocycles. The first kappa shape index (κ1) is 17.1. The molecule has 130 valence electrons. The molecule has 25 heavy (non-hydrogen) atoms. The minimum atomic E-state index is -0.258. The topological polar surface area (TPSA) is 51.5 Å². The molecule has 1 heterocycles. The lowest BCUT2D eigenvalue weighted by molar-refractivity contribution is 0.0878. The Morgan fingerprint density at radius 3 is 2.60 bits per heavy atom. The number of benzene rings is 2. The SMILES string of the molecule is CCC(C)(C)NC(=O)c1ccc(COc2ccc3ccccc3c2)o1. The summed E-state index contributed by atoms with van der Waals surface area (Å²) in [7, 11) is 0. The van der Waals surface area contributed by atoms with E-state index in [0.717, 1.165) is 17.6 Å². The van der Waals surface area contributed by atoms with E-state index in [0.29, 0.717) is 11.5 Å². The summed E-state index contributed by atoms with van der Waals surface area (Å²) in [4.78, 5) is 12.2. The van der Waals surface area contributed by atoms with Crippen molar-refractivity contribution < 1.29 is 13.9 Å². The minimum absolute atomic E-state index is 0.205. The molecule has 1 amide bonds. The Labute approximate surface area is 147 Å². The van der Waals surface area contributed by atoms with E-state index in [4.69, 9.17) is 9.15 Å². The van der Waals surface area contributed by atoms with E-state index in [9.17, 15) is 4.79 Å². The van der Waals surface area contributed by atoms with Crippen LogP contribution in [0.25, 0.3) is 10.8 Å². The Kier molecular flexibility index (Phi) is 4.79. The van der Waals surface area contributed by atoms with Gasteiger partial charge in [0.05, 0.1) is 0 Å². The van der Waals surface area contributed by atoms with Gasteiger partial charge in [0, 0.05) is 5.54 Å². The van der Waals surface area contributed by atoms with Crippen LogP contribution < -0.4 is 10.1 Å². The number of hydrogen-bond acceptors (Lipinski definition) is 3. The van der Waals surface area contributed by atoms with Crippen LogP contribution in [0.4, 0.5) is 0 Å². The van der Waals surface area contributed by atoms with Crippen molar-refractivity contribution in [2.45, 2.75) is 39.3 Å². The number of ether oxygens (including phenoxy) is 1. The van der Waals surface area contributed by atoms with Crippen LogP contribution in [0.3, 0.4) is 0 Å². The molecule has 3 aromatic rings. The Morgan fingerprint density at radius 1 is 1.08 bits per heavy atom. The Morgan fingerprint density at radius 2 is 1.84 bits per heavy atom. The van der Waals surface area contributed by atoms with Crippen LogP contribution in [0.5, 0.6) is 5.75 Å². The number of hydrogen-bond donors (Lipinski definition) is 1. The third-order valence-corrected chi connectivity index (χ3v) is 4.32. The van der Waals surface area contributed by atoms with Crippen LogP contribution in [0.2, 0.25) is 0 Å². The average molecular weight is 337 g/mol. The summed E-state index contributed by atoms with van der Waals surface area (Å²) in [6, 6.07) is 17.5. The second-order valence-corrected chi connectivity index (χ2v) is 6.76. The van der Waals surface area contributed by atoms with E-state index in [1.165, 1.54) is 5.39 Å². The number of nitrogens with one attached hydrogen (secondary N) is 1. The van der Waals surface area contributed by atoms with Gasteiger partial charge >= 0.3 is 0 Å². The largest absolute Gasteiger partial charge is 0.486 e. The van der Waals surface area contributed by atoms with Crippen LogP contribution in [0.15, 0.2) is 59.0 Å². The first-order chi connectivity index (χ1) is 12.0. The predicted octanol–water partition coefficient (Wildman–Crippen LogP) is 4.93. The molecule has 1 aromatic heterocycles. The highest BCUT2D eigenvalue weighted by atomic mass is 16.5. The second kappa shape index (κ2) is 7.01. The molecule has 0 aliphatic heterocycles. The zero-order valence-corrected chi connectivity index (χ0v) is 14.8. The van der Waals surface area contributed by atoms with E-state index < -0.39 is 0 Å². The standard InChI is InChI=1S/C21H23NO3/c1-4-21(2,3)22-20(23)19-12-11-18(25-19)14-24-17-10-9-15-7-5-6-8-16(15)13-17/h5-13H,4,14H2,1-3H3,(H,22,23). The van der Waals surface area contributed by atoms with Gasteiger partial charge in [-0.3, -0.25) is 4.79 Å². The molecular weight excluding hydrogens is 314 g/mol. The minimum Gasteiger partial charge on any atom is -0.486 e. The van der Waals surface area contributed by atoms with Gasteiger partial charge in [-0.15, -0.1) is 0 Å². The van der Waals surface area contributed by atoms with Gasteiger partial charge in [0.25, 0.3) is 5.91 Å². The lowest BCUT2D eigenvalue weighted by Crippen LogP contribution is -2.42. The Bertz CT molecular complexity index is 879. The fourth-order valence-electron chi connectivity index (χ4n) is 2.45. The van der Waals surface area contributed by atoms with Crippen molar-refractivity contribution in [1.29, 1.82) is 0 Å². The molecule has 1 N–H and O–H groups in total. The van der Waals surface area contributed by atoms with E-state index in [1.807, 2.05) is 57.2 Å². The van der Waals surface area contributed by atoms with Gasteiger partial charge in [0.15, 0.2) is 5.76 Å². The molecule has 0 aliphatic rings. The van der Waals surface area contributed by atoms with Crippen LogP contribution in [-0.2, 0) is 6.61 Å². The Hall–Kier alpha value is -2.75. The van der Waals surface area contributed by atoms with Crippen molar-refractivity contribution in [3.8, 4) is 5.75 Å². The maximum absolute atomic E-state index is 12.2. The maximum Gasteiger partial charge on any atom is 0.287 e. The Balaban J connectivity index is 1.64. The summed E-state index contributed by atoms with van der Waals surface area (Å²) in [6.45, 7) is 6.28. The molecule has 3 rings (SSSR count). The van der Waals surface area contributed by atoms with Crippen LogP contribution in [0.1, 0.15) is 43.5 Å². The van der Waals surface area contributed by atoms with Gasteiger partial charge in [-0.25, -0.2) is 0 Å². The highest BCUT2D eigenvalue weighted by Gasteiger charge is 2.21. The molecule has 0 saturated carbocycles. The van der Waals surface area contributed by atoms with Crippen molar-refractivity contribution in [3.05, 3.63) is 66.1 Å². The van der Waals surface area contributed by atoms with Gasteiger partial charge in [-0.1, -0.05) is 37.3 Å². The van der Waals surface area contributed by atoms with Crippen molar-refractivity contribution in [2.75, 3.05) is 0 Å². The third-order valence-electron chi connectivity index (χ3n) is 4.32. The molecule has 0 spiro atoms. The molecule has 2 aromatic carbocycles. The van der Waals surface area contributed by atoms with E-state index >= 15 is 0 Å². The van der Waals surface area contributed by atoms with Crippen LogP contribution in [-0.4, -0.2) is 11.4 Å². The van der Waals surface area contributed by atoms with Crippen LogP contribution >= 0.6 is 0 Å². The van der Waals surface area contributed by atoms with Gasteiger partial charge in [-0.2, -0.15) is 0 Å². The number of fused-ring (bicyclic) bond motifs is 1. The molecule has 0 radical (unpaired) electrons. The molecular formula is C21H23NO3. The van der Waals surface area contributed by atoms with Crippen LogP contribution in [0, 0.1) is 0 Å². The fraction of sp³-hybridized carbons (Fsp3) is 0.286. The van der Waals surface area contributed by atoms with E-state index in [-0.39, 0.29) is 18.1 Å². The fourth-order valence-corrected chi connectivity index (χ4v) is 2.45. The summed E-state index contributed by atoms with van der Waals surface area (Å²) in [6.07, 6.45) is 0.845. The van der Waals surface area contributed by atoms with Crippen molar-refractivity contribution in [2.24, 2.45) is 0 Å². The summed E-state index contributed by atoms with van der Waals surface area (Å²) in [5, 5.41) is 5.25. The molecule has 0 atom stereocenters. The smallest absolute Gasteiger partial charge is 0.287 e. The van der Waals surface area contributed by atoms with Crippen molar-refractivity contribution in [3.63, 3.8) is 0 Å². The second-order valence-electron chi connectivity index (χ2n) is 6.76. The molecule has 4 nitrogen and oxygen atoms in total. The van der Waals surface area contributed by atoms with Gasteiger partial charge in [0.2, 0.25) is 0 Å². The maximum atomic E-state index is 12.2. The molecule has 0 unspecified atom stereocenters. The third kappa shape index (κ3) is 4.21. The highest BCUT2D eigenvalue weighted by molar-refractivity contribution is 5.92. The van der Waals surface area contributed by atoms with Gasteiger partial charge in [0.1, 0.15) is 18.1 Å². The quantitative estimate of drug-likeness (QED) is 0.694. The molecule has 0 fully saturated rings. The number of furan rings is 1. The first-order valence-electron chi connectivity index (χ1n) is 8.50. The number of carbonyl (C=O) groups is 1. The lowest BCUT2D eigenvalue weighted by atomic mass is 10.0. The summed E-state index contributed by atoms with van der Waals surface area (Å²) in [5.74, 6) is 1.49. The van der Waals surface area contributed by atoms with E-state index in [1.54, 1.807) is 12.1 Å². The van der Waals surface area contributed by atoms with E-state index in [2.05, 4.69) is 11.4 Å². The number of amides is 1. The number of carbonyl (C=O) groups excluding carboxylic acids is 1. The van der Waals surface area contributed by atoms with Crippen molar-refractivity contribution in [1.82, 2.24) is 5.32 Å². The predicted molar refractivity (Wildman–Crippen MR) is 98.8 cm³/mol.